The van der Waals surface area contributed by atoms with E-state index in [2.05, 4.69) is 15.3 Å². The van der Waals surface area contributed by atoms with Crippen LogP contribution in [0.3, 0.4) is 0 Å². The quantitative estimate of drug-likeness (QED) is 0.724. The van der Waals surface area contributed by atoms with Gasteiger partial charge in [-0.3, -0.25) is 4.79 Å². The number of anilines is 1. The topological polar surface area (TPSA) is 101 Å². The van der Waals surface area contributed by atoms with Crippen molar-refractivity contribution in [1.29, 1.82) is 0 Å². The van der Waals surface area contributed by atoms with Crippen LogP contribution in [0.4, 0.5) is 5.82 Å². The minimum atomic E-state index is -0.758. The number of hydrogen-bond donors (Lipinski definition) is 3. The number of aliphatic hydroxyl groups excluding tert-OH is 1. The molecule has 4 N–H and O–H groups in total. The molecule has 26 heavy (non-hydrogen) atoms. The van der Waals surface area contributed by atoms with E-state index in [9.17, 15) is 9.90 Å². The maximum Gasteiger partial charge on any atom is 0.273 e. The molecule has 1 aliphatic carbocycles. The highest BCUT2D eigenvalue weighted by molar-refractivity contribution is 7.99. The molecule has 0 spiro atoms. The van der Waals surface area contributed by atoms with E-state index in [1.165, 1.54) is 18.0 Å². The van der Waals surface area contributed by atoms with Gasteiger partial charge in [-0.1, -0.05) is 48.2 Å². The van der Waals surface area contributed by atoms with Crippen molar-refractivity contribution in [3.8, 4) is 0 Å². The highest BCUT2D eigenvalue weighted by atomic mass is 32.2. The molecule has 0 radical (unpaired) electrons. The van der Waals surface area contributed by atoms with Crippen LogP contribution in [0, 0.1) is 0 Å². The van der Waals surface area contributed by atoms with Crippen molar-refractivity contribution in [2.45, 2.75) is 28.9 Å². The van der Waals surface area contributed by atoms with Crippen molar-refractivity contribution in [3.63, 3.8) is 0 Å². The number of rotatable bonds is 6. The Morgan fingerprint density at radius 1 is 1.31 bits per heavy atom. The third-order valence-corrected chi connectivity index (χ3v) is 4.74. The molecule has 1 aliphatic rings. The highest BCUT2D eigenvalue weighted by Crippen LogP contribution is 2.26. The second kappa shape index (κ2) is 8.64. The van der Waals surface area contributed by atoms with Crippen LogP contribution in [0.1, 0.15) is 23.3 Å². The molecular formula is C19H20N4O2S. The van der Waals surface area contributed by atoms with Crippen molar-refractivity contribution in [3.05, 3.63) is 66.0 Å². The SMILES string of the molecule is Nc1ncc(Sc2ccccc2)nc1C(=O)NCC(O)C1=CCCC=C1. The van der Waals surface area contributed by atoms with Gasteiger partial charge in [0.15, 0.2) is 11.5 Å². The number of benzene rings is 1. The minimum absolute atomic E-state index is 0.0613. The lowest BCUT2D eigenvalue weighted by Crippen LogP contribution is -2.34. The molecule has 1 heterocycles. The molecule has 1 unspecified atom stereocenters. The Morgan fingerprint density at radius 2 is 2.12 bits per heavy atom. The molecule has 1 aromatic carbocycles. The zero-order valence-corrected chi connectivity index (χ0v) is 14.9. The summed E-state index contributed by atoms with van der Waals surface area (Å²) >= 11 is 1.40. The van der Waals surface area contributed by atoms with Crippen molar-refractivity contribution in [2.75, 3.05) is 12.3 Å². The number of carbonyl (C=O) groups is 1. The van der Waals surface area contributed by atoms with Crippen LogP contribution in [-0.2, 0) is 0 Å². The van der Waals surface area contributed by atoms with Gasteiger partial charge in [0.25, 0.3) is 5.91 Å². The average molecular weight is 368 g/mol. The van der Waals surface area contributed by atoms with E-state index < -0.39 is 12.0 Å². The summed E-state index contributed by atoms with van der Waals surface area (Å²) in [5.74, 6) is -0.392. The Kier molecular flexibility index (Phi) is 6.04. The fourth-order valence-corrected chi connectivity index (χ4v) is 3.26. The molecule has 3 rings (SSSR count). The zero-order chi connectivity index (χ0) is 18.4. The molecule has 0 saturated carbocycles. The van der Waals surface area contributed by atoms with Crippen LogP contribution in [0.15, 0.2) is 70.3 Å². The highest BCUT2D eigenvalue weighted by Gasteiger charge is 2.17. The summed E-state index contributed by atoms with van der Waals surface area (Å²) in [6, 6.07) is 9.68. The normalized spacial score (nSPS) is 14.6. The predicted octanol–water partition coefficient (Wildman–Crippen LogP) is 2.58. The number of carbonyl (C=O) groups excluding carboxylic acids is 1. The van der Waals surface area contributed by atoms with Crippen LogP contribution < -0.4 is 11.1 Å². The van der Waals surface area contributed by atoms with Gasteiger partial charge >= 0.3 is 0 Å². The first-order chi connectivity index (χ1) is 12.6. The summed E-state index contributed by atoms with van der Waals surface area (Å²) in [7, 11) is 0. The first-order valence-corrected chi connectivity index (χ1v) is 9.13. The first-order valence-electron chi connectivity index (χ1n) is 8.32. The van der Waals surface area contributed by atoms with Gasteiger partial charge in [-0.25, -0.2) is 9.97 Å². The van der Waals surface area contributed by atoms with Gasteiger partial charge in [0.1, 0.15) is 5.03 Å². The van der Waals surface area contributed by atoms with Crippen molar-refractivity contribution in [1.82, 2.24) is 15.3 Å². The van der Waals surface area contributed by atoms with Crippen molar-refractivity contribution >= 4 is 23.5 Å². The lowest BCUT2D eigenvalue weighted by Gasteiger charge is -2.15. The number of nitrogens with two attached hydrogens (primary N) is 1. The smallest absolute Gasteiger partial charge is 0.273 e. The number of nitrogens with zero attached hydrogens (tertiary/aromatic N) is 2. The lowest BCUT2D eigenvalue weighted by atomic mass is 10.0. The van der Waals surface area contributed by atoms with Crippen LogP contribution >= 0.6 is 11.8 Å². The van der Waals surface area contributed by atoms with Gasteiger partial charge in [-0.05, 0) is 30.5 Å². The van der Waals surface area contributed by atoms with Crippen molar-refractivity contribution in [2.24, 2.45) is 0 Å². The molecule has 134 valence electrons. The largest absolute Gasteiger partial charge is 0.387 e. The molecule has 0 bridgehead atoms. The van der Waals surface area contributed by atoms with Gasteiger partial charge in [-0.2, -0.15) is 0 Å². The number of allylic oxidation sites excluding steroid dienone is 2. The maximum atomic E-state index is 12.4. The molecule has 1 amide bonds. The van der Waals surface area contributed by atoms with Gasteiger partial charge in [0, 0.05) is 11.4 Å². The third kappa shape index (κ3) is 4.71. The zero-order valence-electron chi connectivity index (χ0n) is 14.1. The summed E-state index contributed by atoms with van der Waals surface area (Å²) in [5, 5.41) is 13.4. The Hall–Kier alpha value is -2.64. The van der Waals surface area contributed by atoms with E-state index in [0.29, 0.717) is 5.03 Å². The first kappa shape index (κ1) is 18.2. The Labute approximate surface area is 156 Å². The van der Waals surface area contributed by atoms with E-state index in [4.69, 9.17) is 5.73 Å². The Bertz CT molecular complexity index is 837. The molecule has 0 fully saturated rings. The van der Waals surface area contributed by atoms with E-state index in [1.807, 2.05) is 48.6 Å². The van der Waals surface area contributed by atoms with Crippen LogP contribution in [0.25, 0.3) is 0 Å². The predicted molar refractivity (Wildman–Crippen MR) is 102 cm³/mol. The number of amides is 1. The average Bonchev–Trinajstić information content (AvgIpc) is 2.69. The fraction of sp³-hybridized carbons (Fsp3) is 0.211. The molecule has 7 heteroatoms. The monoisotopic (exact) mass is 368 g/mol. The standard InChI is InChI=1S/C19H20N4O2S/c20-18-17(19(25)22-11-15(24)13-7-3-1-4-8-13)23-16(12-21-18)26-14-9-5-2-6-10-14/h2-3,5-10,12,15,24H,1,4,11H2,(H2,20,21)(H,22,25). The van der Waals surface area contributed by atoms with Crippen LogP contribution in [-0.4, -0.2) is 33.6 Å². The summed E-state index contributed by atoms with van der Waals surface area (Å²) in [6.07, 6.45) is 8.51. The number of hydrogen-bond acceptors (Lipinski definition) is 6. The fourth-order valence-electron chi connectivity index (χ4n) is 2.48. The van der Waals surface area contributed by atoms with E-state index in [0.717, 1.165) is 23.3 Å². The summed E-state index contributed by atoms with van der Waals surface area (Å²) in [4.78, 5) is 21.8. The lowest BCUT2D eigenvalue weighted by molar-refractivity contribution is 0.0925. The van der Waals surface area contributed by atoms with Gasteiger partial charge < -0.3 is 16.2 Å². The number of nitrogens with one attached hydrogen (secondary N) is 1. The molecule has 6 nitrogen and oxygen atoms in total. The minimum Gasteiger partial charge on any atom is -0.387 e. The second-order valence-electron chi connectivity index (χ2n) is 5.77. The molecule has 1 atom stereocenters. The molecule has 0 aliphatic heterocycles. The van der Waals surface area contributed by atoms with Crippen LogP contribution in [0.2, 0.25) is 0 Å². The van der Waals surface area contributed by atoms with E-state index >= 15 is 0 Å². The third-order valence-electron chi connectivity index (χ3n) is 3.82. The second-order valence-corrected chi connectivity index (χ2v) is 6.86. The van der Waals surface area contributed by atoms with E-state index in [-0.39, 0.29) is 18.1 Å². The van der Waals surface area contributed by atoms with Crippen LogP contribution in [0.5, 0.6) is 0 Å². The maximum absolute atomic E-state index is 12.4. The summed E-state index contributed by atoms with van der Waals surface area (Å²) < 4.78 is 0. The van der Waals surface area contributed by atoms with Crippen molar-refractivity contribution < 1.29 is 9.90 Å². The van der Waals surface area contributed by atoms with Gasteiger partial charge in [-0.15, -0.1) is 0 Å². The molecule has 1 aromatic heterocycles. The van der Waals surface area contributed by atoms with Gasteiger partial charge in [0.2, 0.25) is 0 Å². The summed E-state index contributed by atoms with van der Waals surface area (Å²) in [5.41, 5.74) is 6.67. The molecule has 2 aromatic rings. The number of aromatic nitrogens is 2. The molecule has 0 saturated heterocycles. The molecular weight excluding hydrogens is 348 g/mol. The number of nitrogen functional groups attached to an aromatic ring is 1. The summed E-state index contributed by atoms with van der Waals surface area (Å²) in [6.45, 7) is 0.0895. The number of aliphatic hydroxyl groups is 1. The Morgan fingerprint density at radius 3 is 2.85 bits per heavy atom. The van der Waals surface area contributed by atoms with Gasteiger partial charge in [0.05, 0.1) is 12.3 Å². The Balaban J connectivity index is 1.65. The van der Waals surface area contributed by atoms with E-state index in [1.54, 1.807) is 0 Å².